The Hall–Kier alpha value is -3.44. The number of aromatic nitrogens is 1. The topological polar surface area (TPSA) is 178 Å². The molecule has 2 aromatic rings. The van der Waals surface area contributed by atoms with E-state index in [9.17, 15) is 24.3 Å². The maximum Gasteiger partial charge on any atom is 0.326 e. The average Bonchev–Trinajstić information content (AvgIpc) is 3.53. The zero-order valence-corrected chi connectivity index (χ0v) is 20.5. The number of rotatable bonds is 13. The van der Waals surface area contributed by atoms with Crippen molar-refractivity contribution in [2.24, 2.45) is 5.73 Å². The molecule has 4 atom stereocenters. The predicted octanol–water partition coefficient (Wildman–Crippen LogP) is 0.150. The van der Waals surface area contributed by atoms with E-state index in [2.05, 4.69) is 26.3 Å². The second kappa shape index (κ2) is 13.0. The molecule has 1 aliphatic heterocycles. The molecule has 1 saturated heterocycles. The van der Waals surface area contributed by atoms with Gasteiger partial charge in [-0.25, -0.2) is 4.79 Å². The van der Waals surface area contributed by atoms with Crippen molar-refractivity contribution in [1.82, 2.24) is 26.3 Å². The molecule has 11 heteroatoms. The van der Waals surface area contributed by atoms with Gasteiger partial charge >= 0.3 is 5.97 Å². The smallest absolute Gasteiger partial charge is 0.326 e. The lowest BCUT2D eigenvalue weighted by Crippen LogP contribution is -2.56. The first kappa shape index (κ1) is 27.2. The number of H-pyrrole nitrogens is 1. The molecule has 8 N–H and O–H groups in total. The number of unbranched alkanes of at least 4 members (excludes halogenated alkanes) is 1. The molecule has 1 aliphatic rings. The molecular formula is C25H36N6O5. The van der Waals surface area contributed by atoms with Crippen LogP contribution in [0.3, 0.4) is 0 Å². The van der Waals surface area contributed by atoms with Gasteiger partial charge in [-0.05, 0) is 63.7 Å². The number of nitrogens with one attached hydrogen (secondary N) is 5. The van der Waals surface area contributed by atoms with Crippen molar-refractivity contribution in [2.45, 2.75) is 69.6 Å². The van der Waals surface area contributed by atoms with Gasteiger partial charge in [0.05, 0.1) is 6.04 Å². The minimum absolute atomic E-state index is 0.0813. The van der Waals surface area contributed by atoms with E-state index < -0.39 is 35.9 Å². The molecule has 4 unspecified atom stereocenters. The Morgan fingerprint density at radius 1 is 1.08 bits per heavy atom. The van der Waals surface area contributed by atoms with Gasteiger partial charge in [-0.1, -0.05) is 18.2 Å². The number of carbonyl (C=O) groups excluding carboxylic acids is 3. The van der Waals surface area contributed by atoms with Gasteiger partial charge in [0.25, 0.3) is 0 Å². The lowest BCUT2D eigenvalue weighted by atomic mass is 10.0. The number of carbonyl (C=O) groups is 4. The van der Waals surface area contributed by atoms with Gasteiger partial charge in [0.15, 0.2) is 0 Å². The van der Waals surface area contributed by atoms with Crippen LogP contribution in [0.2, 0.25) is 0 Å². The molecular weight excluding hydrogens is 464 g/mol. The molecule has 0 saturated carbocycles. The molecule has 1 fully saturated rings. The van der Waals surface area contributed by atoms with Crippen molar-refractivity contribution >= 4 is 34.6 Å². The number of carboxylic acids is 1. The average molecular weight is 501 g/mol. The van der Waals surface area contributed by atoms with Crippen LogP contribution in [-0.4, -0.2) is 71.0 Å². The molecule has 0 aliphatic carbocycles. The monoisotopic (exact) mass is 500 g/mol. The summed E-state index contributed by atoms with van der Waals surface area (Å²) in [6.45, 7) is 2.70. The van der Waals surface area contributed by atoms with E-state index in [1.54, 1.807) is 6.20 Å². The fourth-order valence-corrected chi connectivity index (χ4v) is 4.34. The van der Waals surface area contributed by atoms with Gasteiger partial charge in [-0.2, -0.15) is 0 Å². The number of fused-ring (bicyclic) bond motifs is 1. The largest absolute Gasteiger partial charge is 0.480 e. The van der Waals surface area contributed by atoms with Crippen molar-refractivity contribution < 1.29 is 24.3 Å². The van der Waals surface area contributed by atoms with Gasteiger partial charge in [0.2, 0.25) is 17.7 Å². The van der Waals surface area contributed by atoms with Crippen molar-refractivity contribution in [3.05, 3.63) is 36.0 Å². The molecule has 0 bridgehead atoms. The highest BCUT2D eigenvalue weighted by Gasteiger charge is 2.30. The van der Waals surface area contributed by atoms with Crippen LogP contribution >= 0.6 is 0 Å². The number of benzene rings is 1. The van der Waals surface area contributed by atoms with Crippen molar-refractivity contribution in [2.75, 3.05) is 13.1 Å². The molecule has 3 amide bonds. The first-order valence-electron chi connectivity index (χ1n) is 12.4. The minimum atomic E-state index is -1.18. The predicted molar refractivity (Wildman–Crippen MR) is 135 cm³/mol. The third-order valence-electron chi connectivity index (χ3n) is 6.42. The summed E-state index contributed by atoms with van der Waals surface area (Å²) in [5.41, 5.74) is 7.20. The normalized spacial score (nSPS) is 17.8. The number of aliphatic carboxylic acids is 1. The SMILES string of the molecule is CC(NC(=O)C(CCCCN)NC(=O)C1CCCN1)C(=O)NC(Cc1c[nH]c2ccccc12)C(=O)O. The van der Waals surface area contributed by atoms with Gasteiger partial charge < -0.3 is 37.1 Å². The van der Waals surface area contributed by atoms with Crippen molar-refractivity contribution in [1.29, 1.82) is 0 Å². The Balaban J connectivity index is 1.60. The van der Waals surface area contributed by atoms with Gasteiger partial charge in [-0.3, -0.25) is 14.4 Å². The summed E-state index contributed by atoms with van der Waals surface area (Å²) in [6, 6.07) is 4.17. The van der Waals surface area contributed by atoms with Crippen LogP contribution in [0, 0.1) is 0 Å². The van der Waals surface area contributed by atoms with E-state index in [-0.39, 0.29) is 18.4 Å². The van der Waals surface area contributed by atoms with Gasteiger partial charge in [0.1, 0.15) is 18.1 Å². The summed E-state index contributed by atoms with van der Waals surface area (Å²) in [5, 5.41) is 21.6. The third-order valence-corrected chi connectivity index (χ3v) is 6.42. The number of hydrogen-bond acceptors (Lipinski definition) is 6. The molecule has 196 valence electrons. The lowest BCUT2D eigenvalue weighted by Gasteiger charge is -2.23. The Morgan fingerprint density at radius 2 is 1.86 bits per heavy atom. The minimum Gasteiger partial charge on any atom is -0.480 e. The standard InChI is InChI=1S/C25H36N6O5/c1-15(29-24(34)20(9-4-5-11-26)30-23(33)19-10-6-12-27-19)22(32)31-21(25(35)36)13-16-14-28-18-8-3-2-7-17(16)18/h2-3,7-8,14-15,19-21,27-28H,4-6,9-13,26H2,1H3,(H,29,34)(H,30,33)(H,31,32)(H,35,36). The van der Waals surface area contributed by atoms with Crippen LogP contribution < -0.4 is 27.0 Å². The summed E-state index contributed by atoms with van der Waals surface area (Å²) in [5.74, 6) is -2.55. The van der Waals surface area contributed by atoms with Crippen LogP contribution in [-0.2, 0) is 25.6 Å². The number of para-hydroxylation sites is 1. The third kappa shape index (κ3) is 7.28. The highest BCUT2D eigenvalue weighted by atomic mass is 16.4. The molecule has 2 heterocycles. The first-order chi connectivity index (χ1) is 17.3. The van der Waals surface area contributed by atoms with Crippen molar-refractivity contribution in [3.63, 3.8) is 0 Å². The van der Waals surface area contributed by atoms with Crippen molar-refractivity contribution in [3.8, 4) is 0 Å². The van der Waals surface area contributed by atoms with Crippen LogP contribution in [0.1, 0.15) is 44.6 Å². The number of carboxylic acid groups (broad SMARTS) is 1. The highest BCUT2D eigenvalue weighted by molar-refractivity contribution is 5.94. The van der Waals surface area contributed by atoms with E-state index in [1.807, 2.05) is 24.3 Å². The lowest BCUT2D eigenvalue weighted by molar-refractivity contribution is -0.142. The second-order valence-corrected chi connectivity index (χ2v) is 9.19. The maximum absolute atomic E-state index is 12.9. The van der Waals surface area contributed by atoms with Gasteiger partial charge in [-0.15, -0.1) is 0 Å². The first-order valence-corrected chi connectivity index (χ1v) is 12.4. The van der Waals surface area contributed by atoms with E-state index in [1.165, 1.54) is 6.92 Å². The zero-order chi connectivity index (χ0) is 26.1. The summed E-state index contributed by atoms with van der Waals surface area (Å²) >= 11 is 0. The molecule has 3 rings (SSSR count). The maximum atomic E-state index is 12.9. The molecule has 0 spiro atoms. The van der Waals surface area contributed by atoms with E-state index in [0.717, 1.165) is 29.4 Å². The van der Waals surface area contributed by atoms with Crippen LogP contribution in [0.25, 0.3) is 10.9 Å². The van der Waals surface area contributed by atoms with Gasteiger partial charge in [0, 0.05) is 23.5 Å². The Kier molecular flexibility index (Phi) is 9.83. The van der Waals surface area contributed by atoms with Crippen LogP contribution in [0.4, 0.5) is 0 Å². The summed E-state index contributed by atoms with van der Waals surface area (Å²) in [6.07, 6.45) is 5.13. The molecule has 0 radical (unpaired) electrons. The summed E-state index contributed by atoms with van der Waals surface area (Å²) < 4.78 is 0. The number of hydrogen-bond donors (Lipinski definition) is 7. The Labute approximate surface area is 210 Å². The number of nitrogens with two attached hydrogens (primary N) is 1. The highest BCUT2D eigenvalue weighted by Crippen LogP contribution is 2.19. The molecule has 1 aromatic carbocycles. The fourth-order valence-electron chi connectivity index (χ4n) is 4.34. The quantitative estimate of drug-likeness (QED) is 0.191. The van der Waals surface area contributed by atoms with E-state index in [0.29, 0.717) is 32.2 Å². The molecule has 11 nitrogen and oxygen atoms in total. The zero-order valence-electron chi connectivity index (χ0n) is 20.5. The molecule has 1 aromatic heterocycles. The Bertz CT molecular complexity index is 1060. The molecule has 36 heavy (non-hydrogen) atoms. The van der Waals surface area contributed by atoms with E-state index in [4.69, 9.17) is 5.73 Å². The summed E-state index contributed by atoms with van der Waals surface area (Å²) in [4.78, 5) is 53.3. The van der Waals surface area contributed by atoms with E-state index >= 15 is 0 Å². The second-order valence-electron chi connectivity index (χ2n) is 9.19. The number of amides is 3. The number of aromatic amines is 1. The van der Waals surface area contributed by atoms with Crippen LogP contribution in [0.5, 0.6) is 0 Å². The fraction of sp³-hybridized carbons (Fsp3) is 0.520. The Morgan fingerprint density at radius 3 is 2.56 bits per heavy atom. The summed E-state index contributed by atoms with van der Waals surface area (Å²) in [7, 11) is 0. The van der Waals surface area contributed by atoms with Crippen LogP contribution in [0.15, 0.2) is 30.5 Å².